The van der Waals surface area contributed by atoms with Crippen molar-refractivity contribution < 1.29 is 4.79 Å². The molecule has 0 atom stereocenters. The zero-order valence-electron chi connectivity index (χ0n) is 9.41. The van der Waals surface area contributed by atoms with E-state index in [1.165, 1.54) is 4.80 Å². The third kappa shape index (κ3) is 1.86. The van der Waals surface area contributed by atoms with Crippen molar-refractivity contribution in [1.82, 2.24) is 15.0 Å². The Morgan fingerprint density at radius 3 is 2.65 bits per heavy atom. The SMILES string of the molecule is O=C(c1cnn(-c2ccccc2)n1)C1CCC1. The normalized spacial score (nSPS) is 15.5. The molecule has 0 amide bonds. The fourth-order valence-corrected chi connectivity index (χ4v) is 1.94. The van der Waals surface area contributed by atoms with Gasteiger partial charge in [0, 0.05) is 5.92 Å². The average Bonchev–Trinajstić information content (AvgIpc) is 2.77. The molecule has 17 heavy (non-hydrogen) atoms. The molecule has 0 aliphatic heterocycles. The predicted octanol–water partition coefficient (Wildman–Crippen LogP) is 2.25. The van der Waals surface area contributed by atoms with E-state index in [9.17, 15) is 4.79 Å². The fraction of sp³-hybridized carbons (Fsp3) is 0.308. The Morgan fingerprint density at radius 2 is 2.00 bits per heavy atom. The van der Waals surface area contributed by atoms with Crippen LogP contribution in [0.5, 0.6) is 0 Å². The molecule has 1 saturated carbocycles. The number of ketones is 1. The van der Waals surface area contributed by atoms with Crippen molar-refractivity contribution in [2.45, 2.75) is 19.3 Å². The summed E-state index contributed by atoms with van der Waals surface area (Å²) in [4.78, 5) is 13.5. The summed E-state index contributed by atoms with van der Waals surface area (Å²) in [7, 11) is 0. The van der Waals surface area contributed by atoms with E-state index in [0.717, 1.165) is 24.9 Å². The highest BCUT2D eigenvalue weighted by Gasteiger charge is 2.28. The van der Waals surface area contributed by atoms with Gasteiger partial charge in [-0.25, -0.2) is 0 Å². The molecule has 2 aromatic rings. The van der Waals surface area contributed by atoms with Crippen LogP contribution in [0, 0.1) is 5.92 Å². The molecule has 1 aromatic carbocycles. The fourth-order valence-electron chi connectivity index (χ4n) is 1.94. The molecule has 0 bridgehead atoms. The zero-order valence-corrected chi connectivity index (χ0v) is 9.41. The monoisotopic (exact) mass is 227 g/mol. The Morgan fingerprint density at radius 1 is 1.24 bits per heavy atom. The topological polar surface area (TPSA) is 47.8 Å². The summed E-state index contributed by atoms with van der Waals surface area (Å²) in [6, 6.07) is 9.61. The maximum atomic E-state index is 12.0. The Labute approximate surface area is 99.3 Å². The lowest BCUT2D eigenvalue weighted by Crippen LogP contribution is -2.22. The first kappa shape index (κ1) is 10.2. The number of nitrogens with zero attached hydrogens (tertiary/aromatic N) is 3. The molecular formula is C13H13N3O. The molecule has 1 aliphatic carbocycles. The van der Waals surface area contributed by atoms with E-state index in [-0.39, 0.29) is 11.7 Å². The number of benzene rings is 1. The highest BCUT2D eigenvalue weighted by molar-refractivity contribution is 5.96. The number of carbonyl (C=O) groups excluding carboxylic acids is 1. The second kappa shape index (κ2) is 4.13. The van der Waals surface area contributed by atoms with Crippen LogP contribution in [0.1, 0.15) is 29.8 Å². The number of carbonyl (C=O) groups is 1. The van der Waals surface area contributed by atoms with Crippen LogP contribution in [0.3, 0.4) is 0 Å². The van der Waals surface area contributed by atoms with Crippen molar-refractivity contribution >= 4 is 5.78 Å². The van der Waals surface area contributed by atoms with Gasteiger partial charge in [-0.3, -0.25) is 4.79 Å². The minimum Gasteiger partial charge on any atom is -0.292 e. The molecule has 0 N–H and O–H groups in total. The first-order chi connectivity index (χ1) is 8.34. The van der Waals surface area contributed by atoms with Crippen LogP contribution < -0.4 is 0 Å². The van der Waals surface area contributed by atoms with Crippen molar-refractivity contribution in [2.24, 2.45) is 5.92 Å². The molecule has 1 fully saturated rings. The Balaban J connectivity index is 1.85. The van der Waals surface area contributed by atoms with Gasteiger partial charge < -0.3 is 0 Å². The van der Waals surface area contributed by atoms with E-state index in [1.807, 2.05) is 30.3 Å². The van der Waals surface area contributed by atoms with Gasteiger partial charge in [-0.15, -0.1) is 5.10 Å². The van der Waals surface area contributed by atoms with Crippen LogP contribution in [-0.2, 0) is 0 Å². The maximum Gasteiger partial charge on any atom is 0.187 e. The van der Waals surface area contributed by atoms with Crippen molar-refractivity contribution in [3.63, 3.8) is 0 Å². The summed E-state index contributed by atoms with van der Waals surface area (Å²) in [5.41, 5.74) is 1.36. The second-order valence-electron chi connectivity index (χ2n) is 4.35. The summed E-state index contributed by atoms with van der Waals surface area (Å²) in [6.07, 6.45) is 4.71. The van der Waals surface area contributed by atoms with Crippen LogP contribution in [0.25, 0.3) is 5.69 Å². The molecule has 0 unspecified atom stereocenters. The van der Waals surface area contributed by atoms with Crippen molar-refractivity contribution in [3.8, 4) is 5.69 Å². The number of para-hydroxylation sites is 1. The lowest BCUT2D eigenvalue weighted by atomic mass is 9.81. The quantitative estimate of drug-likeness (QED) is 0.755. The number of hydrogen-bond donors (Lipinski definition) is 0. The first-order valence-corrected chi connectivity index (χ1v) is 5.86. The van der Waals surface area contributed by atoms with Gasteiger partial charge in [-0.1, -0.05) is 24.6 Å². The predicted molar refractivity (Wildman–Crippen MR) is 63.0 cm³/mol. The van der Waals surface area contributed by atoms with Crippen LogP contribution >= 0.6 is 0 Å². The van der Waals surface area contributed by atoms with Crippen LogP contribution in [-0.4, -0.2) is 20.8 Å². The van der Waals surface area contributed by atoms with Gasteiger partial charge in [-0.05, 0) is 25.0 Å². The molecule has 4 nitrogen and oxygen atoms in total. The molecule has 86 valence electrons. The number of aromatic nitrogens is 3. The van der Waals surface area contributed by atoms with E-state index < -0.39 is 0 Å². The summed E-state index contributed by atoms with van der Waals surface area (Å²) >= 11 is 0. The second-order valence-corrected chi connectivity index (χ2v) is 4.35. The maximum absolute atomic E-state index is 12.0. The van der Waals surface area contributed by atoms with Crippen molar-refractivity contribution in [2.75, 3.05) is 0 Å². The Bertz CT molecular complexity index is 529. The molecular weight excluding hydrogens is 214 g/mol. The molecule has 1 aromatic heterocycles. The van der Waals surface area contributed by atoms with Gasteiger partial charge in [0.2, 0.25) is 0 Å². The number of hydrogen-bond acceptors (Lipinski definition) is 3. The molecule has 4 heteroatoms. The van der Waals surface area contributed by atoms with Gasteiger partial charge >= 0.3 is 0 Å². The van der Waals surface area contributed by atoms with Gasteiger partial charge in [0.15, 0.2) is 5.78 Å². The number of rotatable bonds is 3. The van der Waals surface area contributed by atoms with E-state index in [4.69, 9.17) is 0 Å². The summed E-state index contributed by atoms with van der Waals surface area (Å²) in [5.74, 6) is 0.314. The van der Waals surface area contributed by atoms with Gasteiger partial charge in [0.25, 0.3) is 0 Å². The summed E-state index contributed by atoms with van der Waals surface area (Å²) in [6.45, 7) is 0. The Kier molecular flexibility index (Phi) is 2.48. The van der Waals surface area contributed by atoms with E-state index in [2.05, 4.69) is 10.2 Å². The molecule has 0 radical (unpaired) electrons. The Hall–Kier alpha value is -1.97. The standard InChI is InChI=1S/C13H13N3O/c17-13(10-5-4-6-10)12-9-14-16(15-12)11-7-2-1-3-8-11/h1-3,7-10H,4-6H2. The lowest BCUT2D eigenvalue weighted by Gasteiger charge is -2.22. The van der Waals surface area contributed by atoms with Crippen LogP contribution in [0.4, 0.5) is 0 Å². The van der Waals surface area contributed by atoms with Crippen LogP contribution in [0.2, 0.25) is 0 Å². The van der Waals surface area contributed by atoms with E-state index in [1.54, 1.807) is 6.20 Å². The van der Waals surface area contributed by atoms with E-state index >= 15 is 0 Å². The molecule has 1 aliphatic rings. The summed E-state index contributed by atoms with van der Waals surface area (Å²) in [5, 5.41) is 8.37. The zero-order chi connectivity index (χ0) is 11.7. The van der Waals surface area contributed by atoms with Crippen molar-refractivity contribution in [1.29, 1.82) is 0 Å². The largest absolute Gasteiger partial charge is 0.292 e. The van der Waals surface area contributed by atoms with Crippen molar-refractivity contribution in [3.05, 3.63) is 42.2 Å². The smallest absolute Gasteiger partial charge is 0.187 e. The minimum atomic E-state index is 0.137. The van der Waals surface area contributed by atoms with Gasteiger partial charge in [-0.2, -0.15) is 9.90 Å². The average molecular weight is 227 g/mol. The lowest BCUT2D eigenvalue weighted by molar-refractivity contribution is 0.0849. The van der Waals surface area contributed by atoms with Gasteiger partial charge in [0.1, 0.15) is 5.69 Å². The molecule has 0 saturated heterocycles. The minimum absolute atomic E-state index is 0.137. The highest BCUT2D eigenvalue weighted by Crippen LogP contribution is 2.29. The number of Topliss-reactive ketones (excluding diaryl/α,β-unsaturated/α-hetero) is 1. The summed E-state index contributed by atoms with van der Waals surface area (Å²) < 4.78 is 0. The molecule has 3 rings (SSSR count). The van der Waals surface area contributed by atoms with E-state index in [0.29, 0.717) is 5.69 Å². The van der Waals surface area contributed by atoms with Gasteiger partial charge in [0.05, 0.1) is 11.9 Å². The highest BCUT2D eigenvalue weighted by atomic mass is 16.1. The third-order valence-corrected chi connectivity index (χ3v) is 3.21. The molecule has 1 heterocycles. The van der Waals surface area contributed by atoms with Crippen LogP contribution in [0.15, 0.2) is 36.5 Å². The molecule has 0 spiro atoms. The third-order valence-electron chi connectivity index (χ3n) is 3.21. The first-order valence-electron chi connectivity index (χ1n) is 5.86.